The first-order valence-electron chi connectivity index (χ1n) is 6.84. The minimum Gasteiger partial charge on any atom is -0.381 e. The molecule has 1 N–H and O–H groups in total. The molecule has 0 bridgehead atoms. The van der Waals surface area contributed by atoms with Crippen molar-refractivity contribution in [3.05, 3.63) is 0 Å². The number of hydrogen-bond donors (Lipinski definition) is 1. The third kappa shape index (κ3) is 2.01. The molecule has 92 valence electrons. The van der Waals surface area contributed by atoms with Crippen molar-refractivity contribution in [2.24, 2.45) is 0 Å². The van der Waals surface area contributed by atoms with Crippen LogP contribution < -0.4 is 5.32 Å². The van der Waals surface area contributed by atoms with Gasteiger partial charge in [-0.3, -0.25) is 5.32 Å². The fourth-order valence-electron chi connectivity index (χ4n) is 3.60. The molecule has 3 fully saturated rings. The molecule has 1 aliphatic carbocycles. The Morgan fingerprint density at radius 1 is 0.750 bits per heavy atom. The van der Waals surface area contributed by atoms with Crippen LogP contribution in [0.4, 0.5) is 0 Å². The zero-order valence-corrected chi connectivity index (χ0v) is 10.1. The van der Waals surface area contributed by atoms with Crippen molar-refractivity contribution in [2.75, 3.05) is 19.8 Å². The van der Waals surface area contributed by atoms with Crippen LogP contribution >= 0.6 is 0 Å². The molecule has 0 unspecified atom stereocenters. The molecule has 16 heavy (non-hydrogen) atoms. The van der Waals surface area contributed by atoms with E-state index in [2.05, 4.69) is 5.32 Å². The van der Waals surface area contributed by atoms with Gasteiger partial charge in [-0.1, -0.05) is 19.3 Å². The summed E-state index contributed by atoms with van der Waals surface area (Å²) in [7, 11) is 0. The highest BCUT2D eigenvalue weighted by Crippen LogP contribution is 2.39. The van der Waals surface area contributed by atoms with E-state index < -0.39 is 0 Å². The van der Waals surface area contributed by atoms with Crippen molar-refractivity contribution in [1.29, 1.82) is 0 Å². The number of nitrogens with one attached hydrogen (secondary N) is 1. The Hall–Kier alpha value is -0.120. The van der Waals surface area contributed by atoms with Crippen molar-refractivity contribution in [3.63, 3.8) is 0 Å². The maximum atomic E-state index is 6.04. The van der Waals surface area contributed by atoms with Gasteiger partial charge in [0.25, 0.3) is 0 Å². The van der Waals surface area contributed by atoms with Gasteiger partial charge in [0.2, 0.25) is 0 Å². The lowest BCUT2D eigenvalue weighted by Crippen LogP contribution is -2.65. The monoisotopic (exact) mass is 225 g/mol. The van der Waals surface area contributed by atoms with E-state index in [4.69, 9.17) is 9.47 Å². The topological polar surface area (TPSA) is 30.5 Å². The van der Waals surface area contributed by atoms with Gasteiger partial charge in [0.1, 0.15) is 5.72 Å². The summed E-state index contributed by atoms with van der Waals surface area (Å²) in [6, 6.07) is 0. The quantitative estimate of drug-likeness (QED) is 0.685. The van der Waals surface area contributed by atoms with Crippen LogP contribution in [0.25, 0.3) is 0 Å². The van der Waals surface area contributed by atoms with E-state index in [-0.39, 0.29) is 5.72 Å². The van der Waals surface area contributed by atoms with Gasteiger partial charge >= 0.3 is 0 Å². The fourth-order valence-corrected chi connectivity index (χ4v) is 3.60. The SMILES string of the molecule is C1CCC2(CC1)CCOC1(CCOCC1)N2. The van der Waals surface area contributed by atoms with Gasteiger partial charge in [0.05, 0.1) is 19.8 Å². The molecular formula is C13H23NO2. The largest absolute Gasteiger partial charge is 0.381 e. The zero-order chi connectivity index (χ0) is 10.9. The molecule has 2 spiro atoms. The highest BCUT2D eigenvalue weighted by atomic mass is 16.5. The molecule has 0 aromatic rings. The second-order valence-corrected chi connectivity index (χ2v) is 5.67. The van der Waals surface area contributed by atoms with Crippen molar-refractivity contribution >= 4 is 0 Å². The lowest BCUT2D eigenvalue weighted by molar-refractivity contribution is -0.179. The van der Waals surface area contributed by atoms with E-state index in [1.54, 1.807) is 0 Å². The minimum atomic E-state index is -0.0478. The molecule has 2 aliphatic heterocycles. The average molecular weight is 225 g/mol. The van der Waals surface area contributed by atoms with Gasteiger partial charge in [0, 0.05) is 18.4 Å². The molecule has 0 amide bonds. The molecule has 1 saturated carbocycles. The molecule has 0 atom stereocenters. The lowest BCUT2D eigenvalue weighted by atomic mass is 9.77. The van der Waals surface area contributed by atoms with E-state index in [1.165, 1.54) is 38.5 Å². The van der Waals surface area contributed by atoms with Crippen molar-refractivity contribution < 1.29 is 9.47 Å². The third-order valence-electron chi connectivity index (χ3n) is 4.56. The van der Waals surface area contributed by atoms with Gasteiger partial charge in [-0.25, -0.2) is 0 Å². The lowest BCUT2D eigenvalue weighted by Gasteiger charge is -2.52. The molecule has 0 aromatic carbocycles. The normalized spacial score (nSPS) is 33.0. The summed E-state index contributed by atoms with van der Waals surface area (Å²) in [6.45, 7) is 2.64. The second-order valence-electron chi connectivity index (χ2n) is 5.67. The fraction of sp³-hybridized carbons (Fsp3) is 1.00. The van der Waals surface area contributed by atoms with Crippen LogP contribution in [0, 0.1) is 0 Å². The van der Waals surface area contributed by atoms with Crippen molar-refractivity contribution in [3.8, 4) is 0 Å². The van der Waals surface area contributed by atoms with Crippen LogP contribution in [-0.4, -0.2) is 31.1 Å². The van der Waals surface area contributed by atoms with Gasteiger partial charge in [0.15, 0.2) is 0 Å². The first-order chi connectivity index (χ1) is 7.83. The van der Waals surface area contributed by atoms with Crippen LogP contribution in [0.15, 0.2) is 0 Å². The molecular weight excluding hydrogens is 202 g/mol. The van der Waals surface area contributed by atoms with Crippen molar-refractivity contribution in [1.82, 2.24) is 5.32 Å². The highest BCUT2D eigenvalue weighted by Gasteiger charge is 2.45. The molecule has 2 heterocycles. The summed E-state index contributed by atoms with van der Waals surface area (Å²) in [5.74, 6) is 0. The predicted molar refractivity (Wildman–Crippen MR) is 62.3 cm³/mol. The summed E-state index contributed by atoms with van der Waals surface area (Å²) in [5, 5.41) is 3.88. The molecule has 3 rings (SSSR count). The minimum absolute atomic E-state index is 0.0478. The number of hydrogen-bond acceptors (Lipinski definition) is 3. The molecule has 0 aromatic heterocycles. The number of ether oxygens (including phenoxy) is 2. The second kappa shape index (κ2) is 4.28. The van der Waals surface area contributed by atoms with Crippen LogP contribution in [0.2, 0.25) is 0 Å². The summed E-state index contributed by atoms with van der Waals surface area (Å²) < 4.78 is 11.5. The van der Waals surface area contributed by atoms with Gasteiger partial charge < -0.3 is 9.47 Å². The Morgan fingerprint density at radius 2 is 1.50 bits per heavy atom. The van der Waals surface area contributed by atoms with Crippen LogP contribution in [0.1, 0.15) is 51.4 Å². The Morgan fingerprint density at radius 3 is 2.25 bits per heavy atom. The van der Waals surface area contributed by atoms with Gasteiger partial charge in [-0.15, -0.1) is 0 Å². The number of rotatable bonds is 0. The van der Waals surface area contributed by atoms with Crippen LogP contribution in [0.3, 0.4) is 0 Å². The summed E-state index contributed by atoms with van der Waals surface area (Å²) >= 11 is 0. The maximum Gasteiger partial charge on any atom is 0.124 e. The maximum absolute atomic E-state index is 6.04. The van der Waals surface area contributed by atoms with Crippen molar-refractivity contribution in [2.45, 2.75) is 62.6 Å². The van der Waals surface area contributed by atoms with E-state index in [1.807, 2.05) is 0 Å². The summed E-state index contributed by atoms with van der Waals surface area (Å²) in [5.41, 5.74) is 0.349. The highest BCUT2D eigenvalue weighted by molar-refractivity contribution is 4.99. The van der Waals surface area contributed by atoms with E-state index in [0.29, 0.717) is 5.54 Å². The molecule has 3 heteroatoms. The summed E-state index contributed by atoms with van der Waals surface area (Å²) in [4.78, 5) is 0. The van der Waals surface area contributed by atoms with E-state index in [9.17, 15) is 0 Å². The standard InChI is InChI=1S/C13H23NO2/c1-2-4-12(5-3-1)6-11-16-13(14-12)7-9-15-10-8-13/h14H,1-11H2. The predicted octanol–water partition coefficient (Wildman–Crippen LogP) is 2.21. The third-order valence-corrected chi connectivity index (χ3v) is 4.56. The Bertz CT molecular complexity index is 207. The van der Waals surface area contributed by atoms with Gasteiger partial charge in [-0.05, 0) is 19.3 Å². The molecule has 0 radical (unpaired) electrons. The average Bonchev–Trinajstić information content (AvgIpc) is 2.31. The van der Waals surface area contributed by atoms with Crippen LogP contribution in [-0.2, 0) is 9.47 Å². The molecule has 2 saturated heterocycles. The van der Waals surface area contributed by atoms with E-state index in [0.717, 1.165) is 32.7 Å². The smallest absolute Gasteiger partial charge is 0.124 e. The Kier molecular flexibility index (Phi) is 2.94. The Labute approximate surface area is 97.9 Å². The Balaban J connectivity index is 1.72. The van der Waals surface area contributed by atoms with Gasteiger partial charge in [-0.2, -0.15) is 0 Å². The van der Waals surface area contributed by atoms with Crippen LogP contribution in [0.5, 0.6) is 0 Å². The zero-order valence-electron chi connectivity index (χ0n) is 10.1. The summed E-state index contributed by atoms with van der Waals surface area (Å²) in [6.07, 6.45) is 10.1. The van der Waals surface area contributed by atoms with E-state index >= 15 is 0 Å². The molecule has 3 nitrogen and oxygen atoms in total. The molecule has 3 aliphatic rings. The first kappa shape index (κ1) is 11.0. The first-order valence-corrected chi connectivity index (χ1v) is 6.84.